The Morgan fingerprint density at radius 1 is 0.650 bits per heavy atom. The molecule has 0 amide bonds. The van der Waals surface area contributed by atoms with Gasteiger partial charge in [0.15, 0.2) is 5.75 Å². The van der Waals surface area contributed by atoms with Crippen LogP contribution in [0.1, 0.15) is 31.8 Å². The van der Waals surface area contributed by atoms with Crippen LogP contribution in [-0.2, 0) is 12.4 Å². The number of aromatic carboxylic acids is 1. The molecule has 0 saturated carbocycles. The molecule has 4 aromatic rings. The van der Waals surface area contributed by atoms with Crippen LogP contribution in [0.4, 0.5) is 49.1 Å². The Labute approximate surface area is 222 Å². The van der Waals surface area contributed by atoms with Gasteiger partial charge in [0.1, 0.15) is 0 Å². The Kier molecular flexibility index (Phi) is 7.71. The Morgan fingerprint density at radius 3 is 1.75 bits per heavy atom. The van der Waals surface area contributed by atoms with E-state index in [0.29, 0.717) is 0 Å². The second kappa shape index (κ2) is 11.0. The smallest absolute Gasteiger partial charge is 0.416 e. The maximum atomic E-state index is 13.2. The molecular formula is C28H18F6N2O4. The molecule has 0 saturated heterocycles. The molecular weight excluding hydrogens is 542 g/mol. The van der Waals surface area contributed by atoms with Gasteiger partial charge in [0.05, 0.1) is 33.6 Å². The van der Waals surface area contributed by atoms with Gasteiger partial charge in [-0.15, -0.1) is 0 Å². The highest BCUT2D eigenvalue weighted by molar-refractivity contribution is 6.01. The lowest BCUT2D eigenvalue weighted by Crippen LogP contribution is -2.14. The van der Waals surface area contributed by atoms with Gasteiger partial charge < -0.3 is 20.5 Å². The van der Waals surface area contributed by atoms with E-state index in [9.17, 15) is 41.0 Å². The van der Waals surface area contributed by atoms with E-state index < -0.39 is 41.0 Å². The average molecular weight is 560 g/mol. The fourth-order valence-corrected chi connectivity index (χ4v) is 3.69. The van der Waals surface area contributed by atoms with Crippen LogP contribution in [0.2, 0.25) is 0 Å². The molecule has 4 aromatic carbocycles. The largest absolute Gasteiger partial charge is 0.478 e. The van der Waals surface area contributed by atoms with Gasteiger partial charge in [-0.3, -0.25) is 0 Å². The van der Waals surface area contributed by atoms with Crippen LogP contribution >= 0.6 is 0 Å². The minimum absolute atomic E-state index is 0.0369. The number of rotatable bonds is 7. The number of esters is 1. The first-order valence-electron chi connectivity index (χ1n) is 11.4. The summed E-state index contributed by atoms with van der Waals surface area (Å²) >= 11 is 0. The van der Waals surface area contributed by atoms with Gasteiger partial charge in [-0.25, -0.2) is 9.59 Å². The van der Waals surface area contributed by atoms with Crippen molar-refractivity contribution in [2.75, 3.05) is 10.6 Å². The normalized spacial score (nSPS) is 11.6. The minimum atomic E-state index is -4.66. The quantitative estimate of drug-likeness (QED) is 0.120. The van der Waals surface area contributed by atoms with Gasteiger partial charge in [-0.05, 0) is 60.7 Å². The third-order valence-corrected chi connectivity index (χ3v) is 5.53. The number of carboxylic acid groups (broad SMARTS) is 1. The topological polar surface area (TPSA) is 87.7 Å². The van der Waals surface area contributed by atoms with Crippen molar-refractivity contribution in [3.63, 3.8) is 0 Å². The molecule has 0 aliphatic rings. The van der Waals surface area contributed by atoms with Crippen molar-refractivity contribution < 1.29 is 45.8 Å². The molecule has 12 heteroatoms. The molecule has 0 aromatic heterocycles. The third-order valence-electron chi connectivity index (χ3n) is 5.53. The Hall–Kier alpha value is -5.00. The molecule has 0 aliphatic carbocycles. The number of hydrogen-bond donors (Lipinski definition) is 3. The zero-order valence-corrected chi connectivity index (χ0v) is 20.1. The fourth-order valence-electron chi connectivity index (χ4n) is 3.69. The molecule has 4 rings (SSSR count). The molecule has 6 nitrogen and oxygen atoms in total. The summed E-state index contributed by atoms with van der Waals surface area (Å²) in [4.78, 5) is 25.0. The van der Waals surface area contributed by atoms with Crippen LogP contribution in [0.5, 0.6) is 5.75 Å². The van der Waals surface area contributed by atoms with E-state index in [4.69, 9.17) is 4.74 Å². The molecule has 0 aliphatic heterocycles. The second-order valence-corrected chi connectivity index (χ2v) is 8.33. The van der Waals surface area contributed by atoms with Crippen LogP contribution in [0.3, 0.4) is 0 Å². The predicted octanol–water partition coefficient (Wildman–Crippen LogP) is 8.13. The Balaban J connectivity index is 1.66. The van der Waals surface area contributed by atoms with E-state index in [1.54, 1.807) is 0 Å². The SMILES string of the molecule is O=C(Oc1cccc(C(=O)O)c1Nc1cccc(C(F)(F)F)c1)c1ccccc1Nc1cccc(C(F)(F)F)c1. The van der Waals surface area contributed by atoms with Crippen LogP contribution in [0.15, 0.2) is 91.0 Å². The van der Waals surface area contributed by atoms with E-state index in [-0.39, 0.29) is 34.1 Å². The van der Waals surface area contributed by atoms with Gasteiger partial charge in [-0.1, -0.05) is 30.3 Å². The highest BCUT2D eigenvalue weighted by atomic mass is 19.4. The highest BCUT2D eigenvalue weighted by Crippen LogP contribution is 2.36. The average Bonchev–Trinajstić information content (AvgIpc) is 2.89. The summed E-state index contributed by atoms with van der Waals surface area (Å²) in [6.07, 6.45) is -9.25. The summed E-state index contributed by atoms with van der Waals surface area (Å²) in [7, 11) is 0. The first-order valence-corrected chi connectivity index (χ1v) is 11.4. The van der Waals surface area contributed by atoms with Crippen molar-refractivity contribution in [1.29, 1.82) is 0 Å². The first-order chi connectivity index (χ1) is 18.8. The van der Waals surface area contributed by atoms with Crippen molar-refractivity contribution in [2.45, 2.75) is 12.4 Å². The van der Waals surface area contributed by atoms with Crippen molar-refractivity contribution in [1.82, 2.24) is 0 Å². The summed E-state index contributed by atoms with van der Waals surface area (Å²) in [5.74, 6) is -2.76. The monoisotopic (exact) mass is 560 g/mol. The summed E-state index contributed by atoms with van der Waals surface area (Å²) in [5.41, 5.74) is -2.67. The third kappa shape index (κ3) is 6.52. The maximum absolute atomic E-state index is 13.2. The van der Waals surface area contributed by atoms with Crippen molar-refractivity contribution in [2.24, 2.45) is 0 Å². The van der Waals surface area contributed by atoms with E-state index in [1.807, 2.05) is 0 Å². The van der Waals surface area contributed by atoms with Crippen LogP contribution < -0.4 is 15.4 Å². The van der Waals surface area contributed by atoms with E-state index in [0.717, 1.165) is 30.3 Å². The number of ether oxygens (including phenoxy) is 1. The van der Waals surface area contributed by atoms with Gasteiger partial charge >= 0.3 is 24.3 Å². The van der Waals surface area contributed by atoms with Gasteiger partial charge in [0.2, 0.25) is 0 Å². The molecule has 0 radical (unpaired) electrons. The van der Waals surface area contributed by atoms with Gasteiger partial charge in [0, 0.05) is 11.4 Å². The lowest BCUT2D eigenvalue weighted by atomic mass is 10.1. The number of para-hydroxylation sites is 2. The predicted molar refractivity (Wildman–Crippen MR) is 134 cm³/mol. The molecule has 0 bridgehead atoms. The van der Waals surface area contributed by atoms with Crippen LogP contribution in [0, 0.1) is 0 Å². The molecule has 3 N–H and O–H groups in total. The summed E-state index contributed by atoms with van der Waals surface area (Å²) in [6, 6.07) is 17.7. The standard InChI is InChI=1S/C28H18F6N2O4/c29-27(30,31)16-6-3-8-18(14-16)35-22-12-2-1-10-20(22)26(39)40-23-13-5-11-21(25(37)38)24(23)36-19-9-4-7-17(15-19)28(32,33)34/h1-15,35-36H,(H,37,38). The molecule has 40 heavy (non-hydrogen) atoms. The van der Waals surface area contributed by atoms with Gasteiger partial charge in [0.25, 0.3) is 0 Å². The molecule has 0 unspecified atom stereocenters. The number of carbonyl (C=O) groups is 2. The number of anilines is 4. The zero-order valence-electron chi connectivity index (χ0n) is 20.1. The number of hydrogen-bond acceptors (Lipinski definition) is 5. The lowest BCUT2D eigenvalue weighted by molar-refractivity contribution is -0.138. The number of carboxylic acids is 1. The molecule has 0 spiro atoms. The number of carbonyl (C=O) groups excluding carboxylic acids is 1. The molecule has 0 atom stereocenters. The molecule has 206 valence electrons. The summed E-state index contributed by atoms with van der Waals surface area (Å²) < 4.78 is 84.3. The summed E-state index contributed by atoms with van der Waals surface area (Å²) in [5, 5.41) is 15.0. The number of alkyl halides is 6. The van der Waals surface area contributed by atoms with Crippen molar-refractivity contribution in [3.05, 3.63) is 113 Å². The van der Waals surface area contributed by atoms with E-state index in [2.05, 4.69) is 10.6 Å². The van der Waals surface area contributed by atoms with Crippen molar-refractivity contribution in [3.8, 4) is 5.75 Å². The lowest BCUT2D eigenvalue weighted by Gasteiger charge is -2.17. The first kappa shape index (κ1) is 28.0. The number of benzene rings is 4. The zero-order chi connectivity index (χ0) is 29.1. The fraction of sp³-hybridized carbons (Fsp3) is 0.0714. The Bertz CT molecular complexity index is 1570. The van der Waals surface area contributed by atoms with Gasteiger partial charge in [-0.2, -0.15) is 26.3 Å². The highest BCUT2D eigenvalue weighted by Gasteiger charge is 2.31. The summed E-state index contributed by atoms with van der Waals surface area (Å²) in [6.45, 7) is 0. The van der Waals surface area contributed by atoms with Crippen LogP contribution in [0.25, 0.3) is 0 Å². The number of halogens is 6. The van der Waals surface area contributed by atoms with E-state index in [1.165, 1.54) is 60.7 Å². The Morgan fingerprint density at radius 2 is 1.18 bits per heavy atom. The second-order valence-electron chi connectivity index (χ2n) is 8.33. The van der Waals surface area contributed by atoms with Crippen LogP contribution in [-0.4, -0.2) is 17.0 Å². The molecule has 0 heterocycles. The minimum Gasteiger partial charge on any atom is -0.478 e. The number of nitrogens with one attached hydrogen (secondary N) is 2. The van der Waals surface area contributed by atoms with Crippen molar-refractivity contribution >= 4 is 34.7 Å². The molecule has 0 fully saturated rings. The maximum Gasteiger partial charge on any atom is 0.416 e. The van der Waals surface area contributed by atoms with E-state index >= 15 is 0 Å².